The van der Waals surface area contributed by atoms with E-state index in [-0.39, 0.29) is 29.1 Å². The van der Waals surface area contributed by atoms with E-state index in [2.05, 4.69) is 5.32 Å². The number of amides is 1. The Kier molecular flexibility index (Phi) is 7.86. The average molecular weight is 486 g/mol. The first-order valence-corrected chi connectivity index (χ1v) is 12.4. The van der Waals surface area contributed by atoms with Gasteiger partial charge in [-0.2, -0.15) is 4.31 Å². The van der Waals surface area contributed by atoms with Gasteiger partial charge in [0, 0.05) is 43.2 Å². The molecule has 1 heterocycles. The van der Waals surface area contributed by atoms with E-state index in [0.29, 0.717) is 37.2 Å². The summed E-state index contributed by atoms with van der Waals surface area (Å²) in [6.45, 7) is 1.57. The summed E-state index contributed by atoms with van der Waals surface area (Å²) in [5.74, 6) is 0.259. The first-order chi connectivity index (χ1) is 14.4. The van der Waals surface area contributed by atoms with E-state index in [4.69, 9.17) is 11.6 Å². The number of carbonyl (C=O) groups excluding carboxylic acids is 1. The van der Waals surface area contributed by atoms with Crippen LogP contribution >= 0.6 is 24.0 Å². The van der Waals surface area contributed by atoms with Gasteiger partial charge in [-0.05, 0) is 67.8 Å². The van der Waals surface area contributed by atoms with Gasteiger partial charge in [0.2, 0.25) is 15.9 Å². The van der Waals surface area contributed by atoms with Crippen molar-refractivity contribution in [2.24, 2.45) is 5.92 Å². The molecular weight excluding hydrogens is 457 g/mol. The molecule has 4 rings (SSSR count). The number of halogens is 2. The number of piperazine rings is 1. The van der Waals surface area contributed by atoms with Crippen molar-refractivity contribution in [1.82, 2.24) is 14.5 Å². The number of sulfonamides is 1. The van der Waals surface area contributed by atoms with E-state index in [1.165, 1.54) is 4.31 Å². The molecule has 0 spiro atoms. The highest BCUT2D eigenvalue weighted by Gasteiger charge is 2.34. The van der Waals surface area contributed by atoms with Crippen molar-refractivity contribution in [3.63, 3.8) is 0 Å². The van der Waals surface area contributed by atoms with E-state index >= 15 is 0 Å². The molecule has 0 radical (unpaired) electrons. The van der Waals surface area contributed by atoms with Gasteiger partial charge in [0.25, 0.3) is 0 Å². The number of rotatable bonds is 4. The minimum Gasteiger partial charge on any atom is -0.340 e. The summed E-state index contributed by atoms with van der Waals surface area (Å²) >= 11 is 6.02. The monoisotopic (exact) mass is 485 g/mol. The predicted octanol–water partition coefficient (Wildman–Crippen LogP) is 3.53. The fourth-order valence-corrected chi connectivity index (χ4v) is 6.18. The first kappa shape index (κ1) is 24.3. The van der Waals surface area contributed by atoms with E-state index in [1.807, 2.05) is 24.1 Å². The standard InChI is InChI=1S/C22H28ClN3O3S.ClH/c1-24-20-7-3-16(4-8-20)22(27)25-10-12-26(13-11-25)30(28,29)21-9-5-17-14-19(23)6-2-18(17)15-21;/h2,5-6,9,14-16,20,24H,3-4,7-8,10-13H2,1H3;1H/t16-,20-;. The second-order valence-electron chi connectivity index (χ2n) is 8.22. The Hall–Kier alpha value is -1.38. The van der Waals surface area contributed by atoms with Crippen molar-refractivity contribution < 1.29 is 13.2 Å². The largest absolute Gasteiger partial charge is 0.340 e. The lowest BCUT2D eigenvalue weighted by Gasteiger charge is -2.37. The fourth-order valence-electron chi connectivity index (χ4n) is 4.54. The Labute approximate surface area is 195 Å². The molecule has 6 nitrogen and oxygen atoms in total. The molecule has 1 aliphatic heterocycles. The second-order valence-corrected chi connectivity index (χ2v) is 10.6. The van der Waals surface area contributed by atoms with Crippen LogP contribution in [-0.2, 0) is 14.8 Å². The van der Waals surface area contributed by atoms with E-state index < -0.39 is 10.0 Å². The Bertz CT molecular complexity index is 1030. The maximum Gasteiger partial charge on any atom is 0.243 e. The van der Waals surface area contributed by atoms with Crippen molar-refractivity contribution in [2.75, 3.05) is 33.2 Å². The molecule has 170 valence electrons. The first-order valence-electron chi connectivity index (χ1n) is 10.5. The summed E-state index contributed by atoms with van der Waals surface area (Å²) in [5, 5.41) is 5.66. The molecule has 1 saturated heterocycles. The molecule has 31 heavy (non-hydrogen) atoms. The van der Waals surface area contributed by atoms with Crippen molar-refractivity contribution in [3.05, 3.63) is 41.4 Å². The molecule has 9 heteroatoms. The van der Waals surface area contributed by atoms with Gasteiger partial charge in [0.15, 0.2) is 0 Å². The highest BCUT2D eigenvalue weighted by Crippen LogP contribution is 2.28. The summed E-state index contributed by atoms with van der Waals surface area (Å²) < 4.78 is 27.8. The summed E-state index contributed by atoms with van der Waals surface area (Å²) in [7, 11) is -1.62. The van der Waals surface area contributed by atoms with Crippen molar-refractivity contribution in [1.29, 1.82) is 0 Å². The Balaban J connectivity index is 0.00000272. The summed E-state index contributed by atoms with van der Waals surface area (Å²) in [4.78, 5) is 15.0. The quantitative estimate of drug-likeness (QED) is 0.718. The molecule has 1 saturated carbocycles. The lowest BCUT2D eigenvalue weighted by molar-refractivity contribution is -0.137. The summed E-state index contributed by atoms with van der Waals surface area (Å²) in [6.07, 6.45) is 3.86. The molecule has 0 aromatic heterocycles. The normalized spacial score (nSPS) is 22.8. The highest BCUT2D eigenvalue weighted by atomic mass is 35.5. The van der Waals surface area contributed by atoms with Crippen LogP contribution in [0.5, 0.6) is 0 Å². The number of benzene rings is 2. The SMILES string of the molecule is CN[C@H]1CC[C@H](C(=O)N2CCN(S(=O)(=O)c3ccc4cc(Cl)ccc4c3)CC2)CC1.Cl. The van der Waals surface area contributed by atoms with Crippen LogP contribution in [0.2, 0.25) is 5.02 Å². The van der Waals surface area contributed by atoms with Crippen LogP contribution in [0, 0.1) is 5.92 Å². The van der Waals surface area contributed by atoms with Gasteiger partial charge in [-0.1, -0.05) is 23.7 Å². The molecule has 2 aromatic rings. The molecule has 0 bridgehead atoms. The van der Waals surface area contributed by atoms with E-state index in [0.717, 1.165) is 36.5 Å². The molecule has 2 fully saturated rings. The Morgan fingerprint density at radius 1 is 0.968 bits per heavy atom. The number of fused-ring (bicyclic) bond motifs is 1. The van der Waals surface area contributed by atoms with Gasteiger partial charge < -0.3 is 10.2 Å². The molecule has 1 N–H and O–H groups in total. The van der Waals surface area contributed by atoms with Gasteiger partial charge in [0.1, 0.15) is 0 Å². The van der Waals surface area contributed by atoms with Gasteiger partial charge in [-0.25, -0.2) is 8.42 Å². The second kappa shape index (κ2) is 10.0. The molecule has 1 amide bonds. The van der Waals surface area contributed by atoms with Crippen LogP contribution in [0.4, 0.5) is 0 Å². The molecule has 0 atom stereocenters. The lowest BCUT2D eigenvalue weighted by atomic mass is 9.85. The zero-order valence-corrected chi connectivity index (χ0v) is 20.0. The smallest absolute Gasteiger partial charge is 0.243 e. The topological polar surface area (TPSA) is 69.7 Å². The Morgan fingerprint density at radius 2 is 1.58 bits per heavy atom. The highest BCUT2D eigenvalue weighted by molar-refractivity contribution is 7.89. The van der Waals surface area contributed by atoms with Crippen molar-refractivity contribution in [3.8, 4) is 0 Å². The lowest BCUT2D eigenvalue weighted by Crippen LogP contribution is -2.52. The Morgan fingerprint density at radius 3 is 2.23 bits per heavy atom. The van der Waals surface area contributed by atoms with Gasteiger partial charge in [-0.3, -0.25) is 4.79 Å². The predicted molar refractivity (Wildman–Crippen MR) is 126 cm³/mol. The fraction of sp³-hybridized carbons (Fsp3) is 0.500. The third kappa shape index (κ3) is 5.17. The van der Waals surface area contributed by atoms with Gasteiger partial charge >= 0.3 is 0 Å². The number of carbonyl (C=O) groups is 1. The molecule has 1 aliphatic carbocycles. The third-order valence-corrected chi connectivity index (χ3v) is 8.58. The van der Waals surface area contributed by atoms with Crippen LogP contribution < -0.4 is 5.32 Å². The number of nitrogens with one attached hydrogen (secondary N) is 1. The minimum atomic E-state index is -3.59. The zero-order valence-electron chi connectivity index (χ0n) is 17.6. The third-order valence-electron chi connectivity index (χ3n) is 6.45. The van der Waals surface area contributed by atoms with Gasteiger partial charge in [0.05, 0.1) is 4.90 Å². The van der Waals surface area contributed by atoms with Gasteiger partial charge in [-0.15, -0.1) is 12.4 Å². The van der Waals surface area contributed by atoms with Crippen LogP contribution in [0.25, 0.3) is 10.8 Å². The number of hydrogen-bond acceptors (Lipinski definition) is 4. The molecule has 2 aromatic carbocycles. The molecule has 0 unspecified atom stereocenters. The van der Waals surface area contributed by atoms with Crippen molar-refractivity contribution >= 4 is 50.7 Å². The van der Waals surface area contributed by atoms with Crippen LogP contribution in [-0.4, -0.2) is 62.8 Å². The number of hydrogen-bond donors (Lipinski definition) is 1. The van der Waals surface area contributed by atoms with Crippen LogP contribution in [0.15, 0.2) is 41.3 Å². The van der Waals surface area contributed by atoms with E-state index in [1.54, 1.807) is 24.3 Å². The van der Waals surface area contributed by atoms with Crippen molar-refractivity contribution in [2.45, 2.75) is 36.6 Å². The zero-order chi connectivity index (χ0) is 21.3. The van der Waals surface area contributed by atoms with E-state index in [9.17, 15) is 13.2 Å². The maximum atomic E-state index is 13.1. The maximum absolute atomic E-state index is 13.1. The minimum absolute atomic E-state index is 0. The average Bonchev–Trinajstić information content (AvgIpc) is 2.78. The van der Waals surface area contributed by atoms with Crippen LogP contribution in [0.1, 0.15) is 25.7 Å². The summed E-state index contributed by atoms with van der Waals surface area (Å²) in [5.41, 5.74) is 0. The molecule has 2 aliphatic rings. The molecular formula is C22H29Cl2N3O3S. The summed E-state index contributed by atoms with van der Waals surface area (Å²) in [6, 6.07) is 11.0. The number of nitrogens with zero attached hydrogens (tertiary/aromatic N) is 2. The van der Waals surface area contributed by atoms with Crippen LogP contribution in [0.3, 0.4) is 0 Å².